The number of esters is 1. The van der Waals surface area contributed by atoms with Crippen LogP contribution in [0.4, 0.5) is 0 Å². The molecule has 0 bridgehead atoms. The van der Waals surface area contributed by atoms with Crippen LogP contribution in [-0.4, -0.2) is 30.0 Å². The second-order valence-corrected chi connectivity index (χ2v) is 4.02. The van der Waals surface area contributed by atoms with Crippen molar-refractivity contribution in [1.82, 2.24) is 10.3 Å². The summed E-state index contributed by atoms with van der Waals surface area (Å²) in [6, 6.07) is 0. The van der Waals surface area contributed by atoms with Crippen molar-refractivity contribution in [2.45, 2.75) is 13.8 Å². The third-order valence-corrected chi connectivity index (χ3v) is 2.55. The average molecular weight is 254 g/mol. The zero-order valence-electron chi connectivity index (χ0n) is 9.73. The predicted octanol–water partition coefficient (Wildman–Crippen LogP) is 1.47. The minimum Gasteiger partial charge on any atom is -0.461 e. The van der Waals surface area contributed by atoms with Gasteiger partial charge in [0.25, 0.3) is 0 Å². The molecule has 0 atom stereocenters. The number of hydrogen-bond donors (Lipinski definition) is 1. The van der Waals surface area contributed by atoms with E-state index >= 15 is 0 Å². The van der Waals surface area contributed by atoms with Gasteiger partial charge in [0.1, 0.15) is 5.01 Å². The Balaban J connectivity index is 2.50. The summed E-state index contributed by atoms with van der Waals surface area (Å²) in [7, 11) is 0. The SMILES string of the molecule is CCOC(=O)c1csc(C=CCNC(C)=O)n1. The third kappa shape index (κ3) is 4.78. The molecule has 1 aromatic rings. The van der Waals surface area contributed by atoms with Crippen LogP contribution in [0, 0.1) is 0 Å². The highest BCUT2D eigenvalue weighted by molar-refractivity contribution is 7.10. The number of ether oxygens (including phenoxy) is 1. The maximum atomic E-state index is 11.3. The van der Waals surface area contributed by atoms with Gasteiger partial charge in [-0.2, -0.15) is 0 Å². The molecule has 0 aromatic carbocycles. The number of amides is 1. The van der Waals surface area contributed by atoms with Crippen molar-refractivity contribution in [3.05, 3.63) is 22.2 Å². The maximum Gasteiger partial charge on any atom is 0.357 e. The quantitative estimate of drug-likeness (QED) is 0.808. The summed E-state index contributed by atoms with van der Waals surface area (Å²) < 4.78 is 4.82. The van der Waals surface area contributed by atoms with Crippen LogP contribution < -0.4 is 5.32 Å². The maximum absolute atomic E-state index is 11.3. The van der Waals surface area contributed by atoms with E-state index in [1.807, 2.05) is 0 Å². The van der Waals surface area contributed by atoms with Gasteiger partial charge in [-0.05, 0) is 13.0 Å². The van der Waals surface area contributed by atoms with Gasteiger partial charge in [0.15, 0.2) is 5.69 Å². The van der Waals surface area contributed by atoms with Crippen molar-refractivity contribution in [2.75, 3.05) is 13.2 Å². The number of thiazole rings is 1. The van der Waals surface area contributed by atoms with Gasteiger partial charge in [0, 0.05) is 18.8 Å². The molecule has 1 rings (SSSR count). The van der Waals surface area contributed by atoms with Crippen molar-refractivity contribution in [2.24, 2.45) is 0 Å². The minimum atomic E-state index is -0.412. The molecule has 92 valence electrons. The highest BCUT2D eigenvalue weighted by Crippen LogP contribution is 2.12. The fourth-order valence-corrected chi connectivity index (χ4v) is 1.73. The van der Waals surface area contributed by atoms with Crippen molar-refractivity contribution in [3.63, 3.8) is 0 Å². The molecular formula is C11H14N2O3S. The molecule has 1 amide bonds. The lowest BCUT2D eigenvalue weighted by Gasteiger charge is -1.95. The number of carbonyl (C=O) groups excluding carboxylic acids is 2. The smallest absolute Gasteiger partial charge is 0.357 e. The van der Waals surface area contributed by atoms with E-state index in [2.05, 4.69) is 10.3 Å². The first-order valence-electron chi connectivity index (χ1n) is 5.17. The molecule has 0 aliphatic carbocycles. The summed E-state index contributed by atoms with van der Waals surface area (Å²) in [5, 5.41) is 4.98. The van der Waals surface area contributed by atoms with Crippen molar-refractivity contribution < 1.29 is 14.3 Å². The topological polar surface area (TPSA) is 68.3 Å². The molecule has 0 aliphatic rings. The van der Waals surface area contributed by atoms with Gasteiger partial charge in [-0.15, -0.1) is 11.3 Å². The lowest BCUT2D eigenvalue weighted by atomic mass is 10.4. The van der Waals surface area contributed by atoms with Crippen LogP contribution in [0.5, 0.6) is 0 Å². The van der Waals surface area contributed by atoms with E-state index in [-0.39, 0.29) is 5.91 Å². The largest absolute Gasteiger partial charge is 0.461 e. The van der Waals surface area contributed by atoms with Gasteiger partial charge in [-0.3, -0.25) is 4.79 Å². The first kappa shape index (κ1) is 13.4. The van der Waals surface area contributed by atoms with Crippen LogP contribution in [-0.2, 0) is 9.53 Å². The monoisotopic (exact) mass is 254 g/mol. The summed E-state index contributed by atoms with van der Waals surface area (Å²) in [4.78, 5) is 26.0. The summed E-state index contributed by atoms with van der Waals surface area (Å²) in [5.41, 5.74) is 0.316. The van der Waals surface area contributed by atoms with Gasteiger partial charge >= 0.3 is 5.97 Å². The summed E-state index contributed by atoms with van der Waals surface area (Å²) >= 11 is 1.35. The van der Waals surface area contributed by atoms with Crippen molar-refractivity contribution >= 4 is 29.3 Å². The Hall–Kier alpha value is -1.69. The average Bonchev–Trinajstić information content (AvgIpc) is 2.73. The van der Waals surface area contributed by atoms with Crippen LogP contribution in [0.2, 0.25) is 0 Å². The van der Waals surface area contributed by atoms with Crippen molar-refractivity contribution in [3.8, 4) is 0 Å². The molecule has 1 heterocycles. The second kappa shape index (κ2) is 6.80. The van der Waals surface area contributed by atoms with Crippen LogP contribution in [0.15, 0.2) is 11.5 Å². The van der Waals surface area contributed by atoms with E-state index in [4.69, 9.17) is 4.74 Å². The highest BCUT2D eigenvalue weighted by Gasteiger charge is 2.09. The molecule has 0 saturated heterocycles. The first-order valence-corrected chi connectivity index (χ1v) is 6.05. The standard InChI is InChI=1S/C11H14N2O3S/c1-3-16-11(15)9-7-17-10(13-9)5-4-6-12-8(2)14/h4-5,7H,3,6H2,1-2H3,(H,12,14). The molecule has 1 N–H and O–H groups in total. The number of nitrogens with zero attached hydrogens (tertiary/aromatic N) is 1. The molecule has 5 nitrogen and oxygen atoms in total. The molecule has 0 fully saturated rings. The fraction of sp³-hybridized carbons (Fsp3) is 0.364. The van der Waals surface area contributed by atoms with Gasteiger partial charge < -0.3 is 10.1 Å². The fourth-order valence-electron chi connectivity index (χ4n) is 1.03. The van der Waals surface area contributed by atoms with Gasteiger partial charge in [-0.25, -0.2) is 9.78 Å². The molecule has 0 aliphatic heterocycles. The number of rotatable bonds is 5. The Bertz CT molecular complexity index is 426. The lowest BCUT2D eigenvalue weighted by molar-refractivity contribution is -0.118. The Morgan fingerprint density at radius 2 is 2.35 bits per heavy atom. The molecule has 6 heteroatoms. The molecule has 0 saturated carbocycles. The molecule has 1 aromatic heterocycles. The Morgan fingerprint density at radius 1 is 1.59 bits per heavy atom. The van der Waals surface area contributed by atoms with Crippen LogP contribution in [0.3, 0.4) is 0 Å². The van der Waals surface area contributed by atoms with Crippen molar-refractivity contribution in [1.29, 1.82) is 0 Å². The van der Waals surface area contributed by atoms with E-state index in [9.17, 15) is 9.59 Å². The van der Waals surface area contributed by atoms with Gasteiger partial charge in [-0.1, -0.05) is 6.08 Å². The normalized spacial score (nSPS) is 10.5. The Morgan fingerprint density at radius 3 is 3.00 bits per heavy atom. The van der Waals surface area contributed by atoms with E-state index in [0.717, 1.165) is 0 Å². The van der Waals surface area contributed by atoms with Gasteiger partial charge in [0.2, 0.25) is 5.91 Å². The number of aromatic nitrogens is 1. The Labute approximate surface area is 104 Å². The molecule has 0 unspecified atom stereocenters. The third-order valence-electron chi connectivity index (χ3n) is 1.74. The van der Waals surface area contributed by atoms with E-state index < -0.39 is 5.97 Å². The zero-order valence-corrected chi connectivity index (χ0v) is 10.5. The Kier molecular flexibility index (Phi) is 5.35. The predicted molar refractivity (Wildman–Crippen MR) is 65.8 cm³/mol. The van der Waals surface area contributed by atoms with E-state index in [1.165, 1.54) is 18.3 Å². The first-order chi connectivity index (χ1) is 8.13. The highest BCUT2D eigenvalue weighted by atomic mass is 32.1. The summed E-state index contributed by atoms with van der Waals surface area (Å²) in [5.74, 6) is -0.494. The van der Waals surface area contributed by atoms with Crippen LogP contribution in [0.1, 0.15) is 29.3 Å². The molecule has 17 heavy (non-hydrogen) atoms. The molecule has 0 spiro atoms. The minimum absolute atomic E-state index is 0.0824. The number of hydrogen-bond acceptors (Lipinski definition) is 5. The summed E-state index contributed by atoms with van der Waals surface area (Å²) in [6.45, 7) is 3.99. The number of carbonyl (C=O) groups is 2. The zero-order chi connectivity index (χ0) is 12.7. The van der Waals surface area contributed by atoms with Crippen LogP contribution >= 0.6 is 11.3 Å². The summed E-state index contributed by atoms with van der Waals surface area (Å²) in [6.07, 6.45) is 3.53. The number of nitrogens with one attached hydrogen (secondary N) is 1. The van der Waals surface area contributed by atoms with Gasteiger partial charge in [0.05, 0.1) is 6.61 Å². The van der Waals surface area contributed by atoms with E-state index in [1.54, 1.807) is 24.5 Å². The molecular weight excluding hydrogens is 240 g/mol. The lowest BCUT2D eigenvalue weighted by Crippen LogP contribution is -2.19. The molecule has 0 radical (unpaired) electrons. The van der Waals surface area contributed by atoms with Crippen LogP contribution in [0.25, 0.3) is 6.08 Å². The van der Waals surface area contributed by atoms with E-state index in [0.29, 0.717) is 23.9 Å². The second-order valence-electron chi connectivity index (χ2n) is 3.13.